The molecule has 0 bridgehead atoms. The molecule has 0 radical (unpaired) electrons. The van der Waals surface area contributed by atoms with Gasteiger partial charge in [-0.05, 0) is 30.9 Å². The SMILES string of the molecule is CC1CCCC1C(=O)Nc1ccc(F)nc1. The van der Waals surface area contributed by atoms with E-state index in [1.54, 1.807) is 0 Å². The van der Waals surface area contributed by atoms with Crippen LogP contribution in [0, 0.1) is 17.8 Å². The minimum atomic E-state index is -0.535. The van der Waals surface area contributed by atoms with Crippen molar-refractivity contribution in [3.8, 4) is 0 Å². The van der Waals surface area contributed by atoms with Gasteiger partial charge in [0.05, 0.1) is 11.9 Å². The number of halogens is 1. The van der Waals surface area contributed by atoms with E-state index in [4.69, 9.17) is 0 Å². The molecule has 2 rings (SSSR count). The number of hydrogen-bond acceptors (Lipinski definition) is 2. The van der Waals surface area contributed by atoms with Crippen molar-refractivity contribution in [2.24, 2.45) is 11.8 Å². The van der Waals surface area contributed by atoms with E-state index in [0.717, 1.165) is 19.3 Å². The number of carbonyl (C=O) groups is 1. The number of anilines is 1. The second kappa shape index (κ2) is 4.60. The maximum Gasteiger partial charge on any atom is 0.227 e. The highest BCUT2D eigenvalue weighted by Gasteiger charge is 2.29. The first-order valence-corrected chi connectivity index (χ1v) is 5.59. The zero-order valence-electron chi connectivity index (χ0n) is 9.24. The number of pyridine rings is 1. The van der Waals surface area contributed by atoms with Crippen LogP contribution in [0.4, 0.5) is 10.1 Å². The van der Waals surface area contributed by atoms with E-state index in [1.807, 2.05) is 0 Å². The normalized spacial score (nSPS) is 24.4. The summed E-state index contributed by atoms with van der Waals surface area (Å²) in [5, 5.41) is 2.77. The van der Waals surface area contributed by atoms with Gasteiger partial charge in [0, 0.05) is 5.92 Å². The van der Waals surface area contributed by atoms with Crippen LogP contribution in [0.15, 0.2) is 18.3 Å². The summed E-state index contributed by atoms with van der Waals surface area (Å²) in [6.07, 6.45) is 4.51. The summed E-state index contributed by atoms with van der Waals surface area (Å²) >= 11 is 0. The molecule has 2 atom stereocenters. The summed E-state index contributed by atoms with van der Waals surface area (Å²) in [6, 6.07) is 2.77. The fraction of sp³-hybridized carbons (Fsp3) is 0.500. The number of hydrogen-bond donors (Lipinski definition) is 1. The average molecular weight is 222 g/mol. The number of nitrogens with one attached hydrogen (secondary N) is 1. The van der Waals surface area contributed by atoms with Gasteiger partial charge in [0.15, 0.2) is 0 Å². The lowest BCUT2D eigenvalue weighted by atomic mass is 9.97. The molecule has 1 aromatic rings. The Balaban J connectivity index is 1.99. The van der Waals surface area contributed by atoms with E-state index in [-0.39, 0.29) is 11.8 Å². The van der Waals surface area contributed by atoms with Gasteiger partial charge in [-0.3, -0.25) is 4.79 Å². The first-order valence-electron chi connectivity index (χ1n) is 5.59. The van der Waals surface area contributed by atoms with E-state index < -0.39 is 5.95 Å². The Morgan fingerprint density at radius 3 is 2.88 bits per heavy atom. The van der Waals surface area contributed by atoms with Gasteiger partial charge in [0.1, 0.15) is 0 Å². The van der Waals surface area contributed by atoms with Gasteiger partial charge in [-0.1, -0.05) is 13.3 Å². The average Bonchev–Trinajstić information content (AvgIpc) is 2.68. The fourth-order valence-corrected chi connectivity index (χ4v) is 2.22. The molecule has 1 heterocycles. The van der Waals surface area contributed by atoms with E-state index >= 15 is 0 Å². The van der Waals surface area contributed by atoms with Gasteiger partial charge in [0.25, 0.3) is 0 Å². The topological polar surface area (TPSA) is 42.0 Å². The van der Waals surface area contributed by atoms with Gasteiger partial charge in [-0.15, -0.1) is 0 Å². The number of amides is 1. The van der Waals surface area contributed by atoms with Gasteiger partial charge in [-0.25, -0.2) is 4.98 Å². The molecule has 1 amide bonds. The van der Waals surface area contributed by atoms with Gasteiger partial charge < -0.3 is 5.32 Å². The Morgan fingerprint density at radius 1 is 1.50 bits per heavy atom. The molecule has 1 fully saturated rings. The Bertz CT molecular complexity index is 377. The highest BCUT2D eigenvalue weighted by Crippen LogP contribution is 2.31. The number of aromatic nitrogens is 1. The maximum atomic E-state index is 12.6. The molecule has 3 nitrogen and oxygen atoms in total. The fourth-order valence-electron chi connectivity index (χ4n) is 2.22. The molecule has 16 heavy (non-hydrogen) atoms. The van der Waals surface area contributed by atoms with E-state index in [1.165, 1.54) is 18.3 Å². The molecule has 1 aliphatic carbocycles. The maximum absolute atomic E-state index is 12.6. The molecule has 1 saturated carbocycles. The third-order valence-electron chi connectivity index (χ3n) is 3.19. The summed E-state index contributed by atoms with van der Waals surface area (Å²) in [6.45, 7) is 2.10. The molecule has 2 unspecified atom stereocenters. The van der Waals surface area contributed by atoms with Crippen molar-refractivity contribution in [2.75, 3.05) is 5.32 Å². The van der Waals surface area contributed by atoms with Crippen LogP contribution >= 0.6 is 0 Å². The monoisotopic (exact) mass is 222 g/mol. The van der Waals surface area contributed by atoms with E-state index in [2.05, 4.69) is 17.2 Å². The molecule has 1 aromatic heterocycles. The second-order valence-electron chi connectivity index (χ2n) is 4.37. The van der Waals surface area contributed by atoms with Crippen molar-refractivity contribution in [1.29, 1.82) is 0 Å². The van der Waals surface area contributed by atoms with Gasteiger partial charge in [-0.2, -0.15) is 4.39 Å². The lowest BCUT2D eigenvalue weighted by Gasteiger charge is -2.14. The number of nitrogens with zero attached hydrogens (tertiary/aromatic N) is 1. The van der Waals surface area contributed by atoms with Crippen LogP contribution < -0.4 is 5.32 Å². The zero-order chi connectivity index (χ0) is 11.5. The molecule has 0 aromatic carbocycles. The predicted molar refractivity (Wildman–Crippen MR) is 59.3 cm³/mol. The van der Waals surface area contributed by atoms with Crippen LogP contribution in [-0.2, 0) is 4.79 Å². The second-order valence-corrected chi connectivity index (χ2v) is 4.37. The van der Waals surface area contributed by atoms with Crippen LogP contribution in [0.1, 0.15) is 26.2 Å². The Morgan fingerprint density at radius 2 is 2.31 bits per heavy atom. The number of rotatable bonds is 2. The predicted octanol–water partition coefficient (Wildman–Crippen LogP) is 2.60. The standard InChI is InChI=1S/C12H15FN2O/c1-8-3-2-4-10(8)12(16)15-9-5-6-11(13)14-7-9/h5-8,10H,2-4H2,1H3,(H,15,16). The Kier molecular flexibility index (Phi) is 3.17. The van der Waals surface area contributed by atoms with Crippen molar-refractivity contribution < 1.29 is 9.18 Å². The summed E-state index contributed by atoms with van der Waals surface area (Å²) in [7, 11) is 0. The van der Waals surface area contributed by atoms with Crippen molar-refractivity contribution in [3.05, 3.63) is 24.3 Å². The Hall–Kier alpha value is -1.45. The molecule has 1 N–H and O–H groups in total. The van der Waals surface area contributed by atoms with Crippen LogP contribution in [-0.4, -0.2) is 10.9 Å². The molecule has 4 heteroatoms. The van der Waals surface area contributed by atoms with Crippen molar-refractivity contribution in [1.82, 2.24) is 4.98 Å². The lowest BCUT2D eigenvalue weighted by molar-refractivity contribution is -0.120. The summed E-state index contributed by atoms with van der Waals surface area (Å²) in [4.78, 5) is 15.4. The molecule has 0 saturated heterocycles. The number of carbonyl (C=O) groups excluding carboxylic acids is 1. The summed E-state index contributed by atoms with van der Waals surface area (Å²) in [5.41, 5.74) is 0.561. The van der Waals surface area contributed by atoms with Gasteiger partial charge >= 0.3 is 0 Å². The van der Waals surface area contributed by atoms with Gasteiger partial charge in [0.2, 0.25) is 11.9 Å². The molecular weight excluding hydrogens is 207 g/mol. The highest BCUT2D eigenvalue weighted by molar-refractivity contribution is 5.92. The zero-order valence-corrected chi connectivity index (χ0v) is 9.24. The van der Waals surface area contributed by atoms with Crippen molar-refractivity contribution in [2.45, 2.75) is 26.2 Å². The van der Waals surface area contributed by atoms with Crippen LogP contribution in [0.25, 0.3) is 0 Å². The first-order chi connectivity index (χ1) is 7.66. The van der Waals surface area contributed by atoms with Crippen LogP contribution in [0.3, 0.4) is 0 Å². The molecule has 1 aliphatic rings. The Labute approximate surface area is 94.1 Å². The molecule has 0 spiro atoms. The summed E-state index contributed by atoms with van der Waals surface area (Å²) in [5.74, 6) is 0.0177. The largest absolute Gasteiger partial charge is 0.324 e. The molecule has 0 aliphatic heterocycles. The first kappa shape index (κ1) is 11.0. The van der Waals surface area contributed by atoms with Crippen molar-refractivity contribution >= 4 is 11.6 Å². The highest BCUT2D eigenvalue weighted by atomic mass is 19.1. The third-order valence-corrected chi connectivity index (χ3v) is 3.19. The smallest absolute Gasteiger partial charge is 0.227 e. The minimum Gasteiger partial charge on any atom is -0.324 e. The summed E-state index contributed by atoms with van der Waals surface area (Å²) < 4.78 is 12.6. The quantitative estimate of drug-likeness (QED) is 0.781. The van der Waals surface area contributed by atoms with Crippen LogP contribution in [0.5, 0.6) is 0 Å². The van der Waals surface area contributed by atoms with E-state index in [9.17, 15) is 9.18 Å². The molecular formula is C12H15FN2O. The molecule has 86 valence electrons. The lowest BCUT2D eigenvalue weighted by Crippen LogP contribution is -2.24. The van der Waals surface area contributed by atoms with E-state index in [0.29, 0.717) is 11.6 Å². The van der Waals surface area contributed by atoms with Crippen LogP contribution in [0.2, 0.25) is 0 Å². The van der Waals surface area contributed by atoms with Crippen molar-refractivity contribution in [3.63, 3.8) is 0 Å². The minimum absolute atomic E-state index is 0.0263. The third kappa shape index (κ3) is 2.38.